The lowest BCUT2D eigenvalue weighted by Gasteiger charge is -2.26. The van der Waals surface area contributed by atoms with E-state index in [1.165, 1.54) is 0 Å². The molecule has 1 amide bonds. The van der Waals surface area contributed by atoms with Crippen LogP contribution in [0.1, 0.15) is 17.2 Å². The van der Waals surface area contributed by atoms with E-state index in [1.807, 2.05) is 36.0 Å². The zero-order valence-corrected chi connectivity index (χ0v) is 15.2. The molecule has 0 aromatic carbocycles. The number of aromatic nitrogens is 4. The molecule has 1 fully saturated rings. The van der Waals surface area contributed by atoms with E-state index in [-0.39, 0.29) is 11.9 Å². The van der Waals surface area contributed by atoms with Crippen molar-refractivity contribution < 1.29 is 4.79 Å². The maximum Gasteiger partial charge on any atom is 0.240 e. The highest BCUT2D eigenvalue weighted by molar-refractivity contribution is 7.99. The van der Waals surface area contributed by atoms with Crippen LogP contribution in [0.3, 0.4) is 0 Å². The van der Waals surface area contributed by atoms with Crippen molar-refractivity contribution in [1.82, 2.24) is 29.5 Å². The Morgan fingerprint density at radius 2 is 2.24 bits per heavy atom. The number of nitrogens with zero attached hydrogens (tertiary/aromatic N) is 6. The standard InChI is InChI=1S/C17H22N6OS/c1-21-12-25-11-14(21)17(24)22-6-4-15-19-20-16(23(15)8-7-22)9-13-3-2-5-18-10-13/h2-3,5,10,14H,4,6-9,11-12H2,1H3/t14-/m0/s1. The molecule has 0 spiro atoms. The molecule has 8 heteroatoms. The zero-order chi connectivity index (χ0) is 17.2. The minimum atomic E-state index is 0.0170. The van der Waals surface area contributed by atoms with Crippen LogP contribution in [0.4, 0.5) is 0 Å². The summed E-state index contributed by atoms with van der Waals surface area (Å²) in [5.41, 5.74) is 1.12. The molecular weight excluding hydrogens is 336 g/mol. The van der Waals surface area contributed by atoms with Crippen molar-refractivity contribution in [2.45, 2.75) is 25.4 Å². The first kappa shape index (κ1) is 16.5. The Balaban J connectivity index is 1.46. The number of rotatable bonds is 3. The molecule has 1 atom stereocenters. The number of hydrogen-bond donors (Lipinski definition) is 0. The number of carbonyl (C=O) groups is 1. The molecule has 25 heavy (non-hydrogen) atoms. The third-order valence-electron chi connectivity index (χ3n) is 4.89. The Kier molecular flexibility index (Phi) is 4.72. The van der Waals surface area contributed by atoms with Gasteiger partial charge in [-0.1, -0.05) is 6.07 Å². The second-order valence-corrected chi connectivity index (χ2v) is 7.57. The molecular formula is C17H22N6OS. The Morgan fingerprint density at radius 1 is 1.32 bits per heavy atom. The van der Waals surface area contributed by atoms with E-state index in [4.69, 9.17) is 0 Å². The molecule has 0 saturated carbocycles. The third kappa shape index (κ3) is 3.41. The minimum Gasteiger partial charge on any atom is -0.339 e. The van der Waals surface area contributed by atoms with E-state index < -0.39 is 0 Å². The molecule has 0 N–H and O–H groups in total. The molecule has 2 aromatic heterocycles. The van der Waals surface area contributed by atoms with Gasteiger partial charge in [-0.2, -0.15) is 0 Å². The van der Waals surface area contributed by atoms with Crippen molar-refractivity contribution in [3.63, 3.8) is 0 Å². The summed E-state index contributed by atoms with van der Waals surface area (Å²) in [7, 11) is 2.03. The van der Waals surface area contributed by atoms with Gasteiger partial charge in [0.2, 0.25) is 5.91 Å². The van der Waals surface area contributed by atoms with Crippen LogP contribution in [0, 0.1) is 0 Å². The van der Waals surface area contributed by atoms with E-state index >= 15 is 0 Å². The molecule has 2 aliphatic rings. The Labute approximate surface area is 151 Å². The van der Waals surface area contributed by atoms with Crippen molar-refractivity contribution in [3.05, 3.63) is 41.7 Å². The lowest BCUT2D eigenvalue weighted by atomic mass is 10.2. The first-order chi connectivity index (χ1) is 12.2. The van der Waals surface area contributed by atoms with E-state index in [0.29, 0.717) is 0 Å². The first-order valence-electron chi connectivity index (χ1n) is 8.59. The van der Waals surface area contributed by atoms with Gasteiger partial charge in [0, 0.05) is 56.5 Å². The smallest absolute Gasteiger partial charge is 0.240 e. The second-order valence-electron chi connectivity index (χ2n) is 6.57. The van der Waals surface area contributed by atoms with Gasteiger partial charge in [0.15, 0.2) is 0 Å². The first-order valence-corrected chi connectivity index (χ1v) is 9.74. The Bertz CT molecular complexity index is 749. The second kappa shape index (κ2) is 7.13. The number of carbonyl (C=O) groups excluding carboxylic acids is 1. The quantitative estimate of drug-likeness (QED) is 0.803. The summed E-state index contributed by atoms with van der Waals surface area (Å²) in [6.45, 7) is 2.20. The van der Waals surface area contributed by atoms with Gasteiger partial charge in [-0.15, -0.1) is 22.0 Å². The highest BCUT2D eigenvalue weighted by Crippen LogP contribution is 2.21. The summed E-state index contributed by atoms with van der Waals surface area (Å²) >= 11 is 1.83. The topological polar surface area (TPSA) is 67.2 Å². The van der Waals surface area contributed by atoms with Gasteiger partial charge < -0.3 is 9.47 Å². The maximum absolute atomic E-state index is 12.8. The summed E-state index contributed by atoms with van der Waals surface area (Å²) < 4.78 is 2.17. The van der Waals surface area contributed by atoms with Crippen molar-refractivity contribution in [2.75, 3.05) is 31.8 Å². The van der Waals surface area contributed by atoms with E-state index in [0.717, 1.165) is 61.3 Å². The molecule has 4 rings (SSSR count). The third-order valence-corrected chi connectivity index (χ3v) is 6.03. The van der Waals surface area contributed by atoms with Gasteiger partial charge in [-0.05, 0) is 18.7 Å². The molecule has 0 radical (unpaired) electrons. The molecule has 132 valence electrons. The van der Waals surface area contributed by atoms with E-state index in [2.05, 4.69) is 30.7 Å². The van der Waals surface area contributed by atoms with Gasteiger partial charge in [0.05, 0.1) is 6.04 Å². The summed E-state index contributed by atoms with van der Waals surface area (Å²) in [4.78, 5) is 21.1. The van der Waals surface area contributed by atoms with Crippen LogP contribution in [0.5, 0.6) is 0 Å². The van der Waals surface area contributed by atoms with Gasteiger partial charge in [0.1, 0.15) is 11.6 Å². The highest BCUT2D eigenvalue weighted by atomic mass is 32.2. The largest absolute Gasteiger partial charge is 0.339 e. The van der Waals surface area contributed by atoms with E-state index in [9.17, 15) is 4.79 Å². The van der Waals surface area contributed by atoms with Crippen LogP contribution in [0.25, 0.3) is 0 Å². The van der Waals surface area contributed by atoms with Crippen molar-refractivity contribution in [1.29, 1.82) is 0 Å². The number of likely N-dealkylation sites (N-methyl/N-ethyl adjacent to an activating group) is 1. The molecule has 1 saturated heterocycles. The highest BCUT2D eigenvalue weighted by Gasteiger charge is 2.32. The minimum absolute atomic E-state index is 0.0170. The van der Waals surface area contributed by atoms with Crippen molar-refractivity contribution in [3.8, 4) is 0 Å². The number of hydrogen-bond acceptors (Lipinski definition) is 6. The average Bonchev–Trinajstić information content (AvgIpc) is 3.15. The molecule has 0 unspecified atom stereocenters. The van der Waals surface area contributed by atoms with Crippen molar-refractivity contribution >= 4 is 17.7 Å². The van der Waals surface area contributed by atoms with Crippen LogP contribution < -0.4 is 0 Å². The zero-order valence-electron chi connectivity index (χ0n) is 14.3. The van der Waals surface area contributed by atoms with Crippen molar-refractivity contribution in [2.24, 2.45) is 0 Å². The fraction of sp³-hybridized carbons (Fsp3) is 0.529. The van der Waals surface area contributed by atoms with E-state index in [1.54, 1.807) is 6.20 Å². The summed E-state index contributed by atoms with van der Waals surface area (Å²) in [6.07, 6.45) is 5.11. The maximum atomic E-state index is 12.8. The Hall–Kier alpha value is -1.93. The molecule has 2 aliphatic heterocycles. The molecule has 2 aromatic rings. The summed E-state index contributed by atoms with van der Waals surface area (Å²) in [5, 5.41) is 8.72. The SMILES string of the molecule is CN1CSC[C@H]1C(=O)N1CCc2nnc(Cc3cccnc3)n2CC1. The fourth-order valence-electron chi connectivity index (χ4n) is 3.42. The molecule has 7 nitrogen and oxygen atoms in total. The molecule has 0 bridgehead atoms. The fourth-order valence-corrected chi connectivity index (χ4v) is 4.61. The van der Waals surface area contributed by atoms with Crippen LogP contribution in [-0.2, 0) is 24.2 Å². The van der Waals surface area contributed by atoms with Crippen LogP contribution in [0.15, 0.2) is 24.5 Å². The van der Waals surface area contributed by atoms with Crippen LogP contribution in [-0.4, -0.2) is 73.3 Å². The number of fused-ring (bicyclic) bond motifs is 1. The predicted octanol–water partition coefficient (Wildman–Crippen LogP) is 0.653. The van der Waals surface area contributed by atoms with Gasteiger partial charge in [-0.25, -0.2) is 0 Å². The van der Waals surface area contributed by atoms with Gasteiger partial charge >= 0.3 is 0 Å². The molecule has 4 heterocycles. The van der Waals surface area contributed by atoms with Gasteiger partial charge in [0.25, 0.3) is 0 Å². The normalized spacial score (nSPS) is 21.2. The lowest BCUT2D eigenvalue weighted by Crippen LogP contribution is -2.46. The number of pyridine rings is 1. The average molecular weight is 358 g/mol. The molecule has 0 aliphatic carbocycles. The lowest BCUT2D eigenvalue weighted by molar-refractivity contribution is -0.135. The monoisotopic (exact) mass is 358 g/mol. The van der Waals surface area contributed by atoms with Crippen LogP contribution in [0.2, 0.25) is 0 Å². The summed E-state index contributed by atoms with van der Waals surface area (Å²) in [6, 6.07) is 4.00. The van der Waals surface area contributed by atoms with Crippen LogP contribution >= 0.6 is 11.8 Å². The Morgan fingerprint density at radius 3 is 3.00 bits per heavy atom. The van der Waals surface area contributed by atoms with Gasteiger partial charge in [-0.3, -0.25) is 14.7 Å². The predicted molar refractivity (Wildman–Crippen MR) is 96.2 cm³/mol. The number of thioether (sulfide) groups is 1. The summed E-state index contributed by atoms with van der Waals surface area (Å²) in [5.74, 6) is 4.00. The number of amides is 1.